The zero-order valence-corrected chi connectivity index (χ0v) is 22.4. The third-order valence-corrected chi connectivity index (χ3v) is 7.37. The number of allylic oxidation sites excluding steroid dienone is 1. The molecule has 8 heteroatoms. The van der Waals surface area contributed by atoms with Gasteiger partial charge in [-0.05, 0) is 41.5 Å². The van der Waals surface area contributed by atoms with E-state index in [0.29, 0.717) is 48.1 Å². The summed E-state index contributed by atoms with van der Waals surface area (Å²) in [5.74, 6) is 0.895. The van der Waals surface area contributed by atoms with Gasteiger partial charge < -0.3 is 23.8 Å². The van der Waals surface area contributed by atoms with Gasteiger partial charge in [0.25, 0.3) is 5.91 Å². The summed E-state index contributed by atoms with van der Waals surface area (Å²) in [5.41, 5.74) is 2.58. The quantitative estimate of drug-likeness (QED) is 0.303. The highest BCUT2D eigenvalue weighted by Crippen LogP contribution is 2.40. The normalized spacial score (nSPS) is 16.3. The van der Waals surface area contributed by atoms with E-state index >= 15 is 0 Å². The molecule has 202 valence electrons. The molecule has 0 radical (unpaired) electrons. The Morgan fingerprint density at radius 3 is 2.21 bits per heavy atom. The Balaban J connectivity index is 1.28. The van der Waals surface area contributed by atoms with E-state index < -0.39 is 5.66 Å². The van der Waals surface area contributed by atoms with Crippen LogP contribution >= 0.6 is 0 Å². The second kappa shape index (κ2) is 11.3. The van der Waals surface area contributed by atoms with E-state index in [1.54, 1.807) is 30.3 Å². The van der Waals surface area contributed by atoms with E-state index in [1.807, 2.05) is 35.2 Å². The molecule has 3 aromatic rings. The van der Waals surface area contributed by atoms with E-state index in [-0.39, 0.29) is 11.7 Å². The molecule has 0 N–H and O–H groups in total. The number of benzene rings is 3. The summed E-state index contributed by atoms with van der Waals surface area (Å²) in [4.78, 5) is 30.8. The van der Waals surface area contributed by atoms with Crippen LogP contribution < -0.4 is 14.2 Å². The second-order valence-corrected chi connectivity index (χ2v) is 9.54. The molecule has 0 aromatic heterocycles. The first-order valence-corrected chi connectivity index (χ1v) is 12.8. The van der Waals surface area contributed by atoms with Crippen molar-refractivity contribution in [3.8, 4) is 17.2 Å². The molecule has 0 unspecified atom stereocenters. The number of carbonyl (C=O) groups excluding carboxylic acids is 2. The molecule has 0 aliphatic carbocycles. The molecule has 0 saturated carbocycles. The van der Waals surface area contributed by atoms with E-state index in [0.717, 1.165) is 18.7 Å². The highest BCUT2D eigenvalue weighted by Gasteiger charge is 2.54. The standard InChI is InChI=1S/C31H32N2O6/c1-36-27-16-14-25(28(37-2)29(27)38-3)26(34)15-11-22-9-12-24(13-10-22)30(35)33-18-17-32(31(33)20-39-21-31)19-23-7-5-4-6-8-23/h4-16H,17-21H2,1-3H3/b15-11+. The van der Waals surface area contributed by atoms with Crippen LogP contribution in [0.15, 0.2) is 72.8 Å². The second-order valence-electron chi connectivity index (χ2n) is 9.54. The van der Waals surface area contributed by atoms with E-state index in [2.05, 4.69) is 17.0 Å². The number of amides is 1. The number of carbonyl (C=O) groups is 2. The van der Waals surface area contributed by atoms with Gasteiger partial charge in [-0.2, -0.15) is 0 Å². The fourth-order valence-electron chi connectivity index (χ4n) is 5.20. The minimum Gasteiger partial charge on any atom is -0.493 e. The average molecular weight is 529 g/mol. The van der Waals surface area contributed by atoms with Crippen molar-refractivity contribution in [2.75, 3.05) is 47.6 Å². The Kier molecular flexibility index (Phi) is 7.67. The lowest BCUT2D eigenvalue weighted by Crippen LogP contribution is -2.67. The summed E-state index contributed by atoms with van der Waals surface area (Å²) in [6.07, 6.45) is 3.19. The molecular formula is C31H32N2O6. The van der Waals surface area contributed by atoms with Gasteiger partial charge in [-0.15, -0.1) is 0 Å². The molecule has 39 heavy (non-hydrogen) atoms. The van der Waals surface area contributed by atoms with Crippen molar-refractivity contribution >= 4 is 17.8 Å². The lowest BCUT2D eigenvalue weighted by molar-refractivity contribution is -0.176. The predicted molar refractivity (Wildman–Crippen MR) is 147 cm³/mol. The molecule has 2 saturated heterocycles. The van der Waals surface area contributed by atoms with Gasteiger partial charge in [0.15, 0.2) is 17.3 Å². The van der Waals surface area contributed by atoms with Crippen LogP contribution in [0.3, 0.4) is 0 Å². The van der Waals surface area contributed by atoms with Gasteiger partial charge in [0, 0.05) is 25.2 Å². The van der Waals surface area contributed by atoms with Gasteiger partial charge in [-0.3, -0.25) is 14.5 Å². The predicted octanol–water partition coefficient (Wildman–Crippen LogP) is 4.29. The summed E-state index contributed by atoms with van der Waals surface area (Å²) in [6.45, 7) is 3.24. The van der Waals surface area contributed by atoms with E-state index in [1.165, 1.54) is 33.0 Å². The van der Waals surface area contributed by atoms with Crippen LogP contribution in [0, 0.1) is 0 Å². The molecule has 5 rings (SSSR count). The van der Waals surface area contributed by atoms with E-state index in [4.69, 9.17) is 18.9 Å². The van der Waals surface area contributed by atoms with E-state index in [9.17, 15) is 9.59 Å². The molecule has 1 spiro atoms. The molecule has 0 bridgehead atoms. The average Bonchev–Trinajstić information content (AvgIpc) is 3.34. The first-order valence-electron chi connectivity index (χ1n) is 12.8. The zero-order valence-electron chi connectivity index (χ0n) is 22.4. The van der Waals surface area contributed by atoms with Crippen LogP contribution in [0.5, 0.6) is 17.2 Å². The van der Waals surface area contributed by atoms with Crippen LogP contribution in [0.1, 0.15) is 31.8 Å². The van der Waals surface area contributed by atoms with Crippen molar-refractivity contribution in [2.24, 2.45) is 0 Å². The molecule has 0 atom stereocenters. The summed E-state index contributed by atoms with van der Waals surface area (Å²) >= 11 is 0. The summed E-state index contributed by atoms with van der Waals surface area (Å²) in [5, 5.41) is 0. The van der Waals surface area contributed by atoms with Gasteiger partial charge in [-0.25, -0.2) is 0 Å². The van der Waals surface area contributed by atoms with Crippen LogP contribution in [0.25, 0.3) is 6.08 Å². The molecule has 2 fully saturated rings. The SMILES string of the molecule is COc1ccc(C(=O)/C=C/c2ccc(C(=O)N3CCN(Cc4ccccc4)C34COC4)cc2)c(OC)c1OC. The molecule has 2 aliphatic heterocycles. The Hall–Kier alpha value is -4.14. The van der Waals surface area contributed by atoms with Crippen LogP contribution in [0.4, 0.5) is 0 Å². The number of ether oxygens (including phenoxy) is 4. The summed E-state index contributed by atoms with van der Waals surface area (Å²) in [7, 11) is 4.50. The fraction of sp³-hybridized carbons (Fsp3) is 0.290. The topological polar surface area (TPSA) is 77.5 Å². The molecule has 3 aromatic carbocycles. The first kappa shape index (κ1) is 26.5. The maximum atomic E-state index is 13.5. The largest absolute Gasteiger partial charge is 0.493 e. The van der Waals surface area contributed by atoms with Crippen LogP contribution in [-0.2, 0) is 11.3 Å². The molecule has 1 amide bonds. The minimum absolute atomic E-state index is 0.0180. The third kappa shape index (κ3) is 5.01. The maximum Gasteiger partial charge on any atom is 0.255 e. The van der Waals surface area contributed by atoms with Crippen molar-refractivity contribution in [1.82, 2.24) is 9.80 Å². The molecule has 8 nitrogen and oxygen atoms in total. The van der Waals surface area contributed by atoms with Crippen molar-refractivity contribution in [3.05, 3.63) is 95.1 Å². The van der Waals surface area contributed by atoms with Gasteiger partial charge in [-0.1, -0.05) is 48.5 Å². The number of ketones is 1. The molecule has 2 aliphatic rings. The van der Waals surface area contributed by atoms with Crippen molar-refractivity contribution in [1.29, 1.82) is 0 Å². The number of hydrogen-bond donors (Lipinski definition) is 0. The van der Waals surface area contributed by atoms with Gasteiger partial charge >= 0.3 is 0 Å². The fourth-order valence-corrected chi connectivity index (χ4v) is 5.20. The monoisotopic (exact) mass is 528 g/mol. The highest BCUT2D eigenvalue weighted by molar-refractivity contribution is 6.09. The lowest BCUT2D eigenvalue weighted by Gasteiger charge is -2.49. The van der Waals surface area contributed by atoms with Crippen molar-refractivity contribution < 1.29 is 28.5 Å². The highest BCUT2D eigenvalue weighted by atomic mass is 16.5. The minimum atomic E-state index is -0.406. The Morgan fingerprint density at radius 1 is 0.872 bits per heavy atom. The van der Waals surface area contributed by atoms with Gasteiger partial charge in [0.1, 0.15) is 5.66 Å². The smallest absolute Gasteiger partial charge is 0.255 e. The third-order valence-electron chi connectivity index (χ3n) is 7.37. The van der Waals surface area contributed by atoms with Crippen molar-refractivity contribution in [2.45, 2.75) is 12.2 Å². The van der Waals surface area contributed by atoms with Crippen LogP contribution in [0.2, 0.25) is 0 Å². The maximum absolute atomic E-state index is 13.5. The number of hydrogen-bond acceptors (Lipinski definition) is 7. The summed E-state index contributed by atoms with van der Waals surface area (Å²) in [6, 6.07) is 20.9. The number of nitrogens with zero attached hydrogens (tertiary/aromatic N) is 2. The Bertz CT molecular complexity index is 1370. The molecular weight excluding hydrogens is 496 g/mol. The van der Waals surface area contributed by atoms with Crippen molar-refractivity contribution in [3.63, 3.8) is 0 Å². The Morgan fingerprint density at radius 2 is 1.59 bits per heavy atom. The van der Waals surface area contributed by atoms with Gasteiger partial charge in [0.2, 0.25) is 5.75 Å². The number of methoxy groups -OCH3 is 3. The lowest BCUT2D eigenvalue weighted by atomic mass is 10.0. The summed E-state index contributed by atoms with van der Waals surface area (Å²) < 4.78 is 21.7. The Labute approximate surface area is 228 Å². The first-order chi connectivity index (χ1) is 19.0. The van der Waals surface area contributed by atoms with Crippen LogP contribution in [-0.4, -0.2) is 74.8 Å². The number of rotatable bonds is 9. The zero-order chi connectivity index (χ0) is 27.4. The van der Waals surface area contributed by atoms with Gasteiger partial charge in [0.05, 0.1) is 40.1 Å². The molecule has 2 heterocycles.